The Hall–Kier alpha value is -5.74. The topological polar surface area (TPSA) is 820 Å². The highest BCUT2D eigenvalue weighted by Gasteiger charge is 2.66. The first-order valence-electron chi connectivity index (χ1n) is 52.6. The number of ether oxygens (including phenoxy) is 14. The lowest BCUT2D eigenvalue weighted by Crippen LogP contribution is -2.72. The van der Waals surface area contributed by atoms with Crippen molar-refractivity contribution in [3.05, 3.63) is 12.2 Å². The van der Waals surface area contributed by atoms with Gasteiger partial charge in [-0.15, -0.1) is 0 Å². The summed E-state index contributed by atoms with van der Waals surface area (Å²) < 4.78 is 85.0. The molecule has 7 aliphatic rings. The number of aliphatic hydroxyl groups is 22. The van der Waals surface area contributed by atoms with Crippen molar-refractivity contribution in [3.63, 3.8) is 0 Å². The van der Waals surface area contributed by atoms with Crippen molar-refractivity contribution >= 4 is 47.3 Å². The van der Waals surface area contributed by atoms with Crippen LogP contribution in [0.4, 0.5) is 0 Å². The normalized spacial score (nSPS) is 35.2. The zero-order valence-corrected chi connectivity index (χ0v) is 85.9. The maximum Gasteiger partial charge on any atom is 0.364 e. The number of nitrogens with one attached hydrogen (secondary N) is 4. The summed E-state index contributed by atoms with van der Waals surface area (Å²) in [5.41, 5.74) is 0. The summed E-state index contributed by atoms with van der Waals surface area (Å²) >= 11 is 0. The molecule has 0 aromatic rings. The molecule has 0 aliphatic carbocycles. The Bertz CT molecular complexity index is 3950. The summed E-state index contributed by atoms with van der Waals surface area (Å²) in [5.74, 6) is -23.8. The number of carboxylic acids is 3. The third-order valence-corrected chi connectivity index (χ3v) is 28.4. The number of aliphatic carboxylic acids is 3. The monoisotopic (exact) mass is 2160 g/mol. The molecule has 7 saturated heterocycles. The largest absolute Gasteiger partial charge is 0.477 e. The number of Topliss-reactive ketones (excluding diaryl/α,β-unsaturated/α-hetero) is 1. The molecule has 3 unspecified atom stereocenters. The quantitative estimate of drug-likeness (QED) is 0.0201. The molecule has 864 valence electrons. The van der Waals surface area contributed by atoms with Crippen molar-refractivity contribution in [1.29, 1.82) is 0 Å². The van der Waals surface area contributed by atoms with Gasteiger partial charge in [0.25, 0.3) is 17.4 Å². The maximum atomic E-state index is 14.7. The van der Waals surface area contributed by atoms with Crippen LogP contribution in [0.25, 0.3) is 0 Å². The maximum absolute atomic E-state index is 14.7. The zero-order valence-electron chi connectivity index (χ0n) is 85.9. The Labute approximate surface area is 865 Å². The number of unbranched alkanes of at least 4 members (excludes halogenated alkanes) is 27. The first kappa shape index (κ1) is 130. The second-order valence-electron chi connectivity index (χ2n) is 40.3. The zero-order chi connectivity index (χ0) is 110. The highest BCUT2D eigenvalue weighted by molar-refractivity contribution is 5.79. The minimum absolute atomic E-state index is 0.0493. The van der Waals surface area contributed by atoms with Gasteiger partial charge in [0.05, 0.1) is 108 Å². The number of aliphatic hydroxyl groups excluding tert-OH is 22. The molecule has 7 aliphatic heterocycles. The van der Waals surface area contributed by atoms with E-state index in [-0.39, 0.29) is 6.42 Å². The molecular weight excluding hydrogens is 1990 g/mol. The lowest BCUT2D eigenvalue weighted by Gasteiger charge is -2.53. The van der Waals surface area contributed by atoms with Crippen LogP contribution in [0.3, 0.4) is 0 Å². The summed E-state index contributed by atoms with van der Waals surface area (Å²) in [5, 5.41) is 296. The van der Waals surface area contributed by atoms with E-state index >= 15 is 0 Å². The van der Waals surface area contributed by atoms with Gasteiger partial charge >= 0.3 is 17.9 Å². The van der Waals surface area contributed by atoms with Crippen LogP contribution < -0.4 is 21.3 Å². The number of ketones is 1. The van der Waals surface area contributed by atoms with Gasteiger partial charge in [-0.2, -0.15) is 0 Å². The van der Waals surface area contributed by atoms with Gasteiger partial charge in [-0.05, 0) is 26.2 Å². The van der Waals surface area contributed by atoms with Crippen molar-refractivity contribution in [2.24, 2.45) is 5.92 Å². The van der Waals surface area contributed by atoms with Gasteiger partial charge < -0.3 is 220 Å². The van der Waals surface area contributed by atoms with Gasteiger partial charge in [0.15, 0.2) is 25.2 Å². The van der Waals surface area contributed by atoms with Crippen molar-refractivity contribution in [1.82, 2.24) is 21.3 Å². The first-order chi connectivity index (χ1) is 70.9. The molecule has 7 fully saturated rings. The van der Waals surface area contributed by atoms with Crippen LogP contribution in [-0.4, -0.2) is 465 Å². The molecule has 7 rings (SSSR count). The molecule has 51 heteroatoms. The molecular formula is C98H170N4O47. The lowest BCUT2D eigenvalue weighted by molar-refractivity contribution is -0.409. The molecule has 0 bridgehead atoms. The molecule has 40 atom stereocenters. The average molecular weight is 2160 g/mol. The number of carbonyl (C=O) groups is 8. The fourth-order valence-corrected chi connectivity index (χ4v) is 20.1. The predicted molar refractivity (Wildman–Crippen MR) is 512 cm³/mol. The Morgan fingerprint density at radius 1 is 0.383 bits per heavy atom. The Kier molecular flexibility index (Phi) is 56.6. The van der Waals surface area contributed by atoms with Crippen molar-refractivity contribution < 1.29 is 232 Å². The third-order valence-electron chi connectivity index (χ3n) is 28.4. The number of allylic oxidation sites excluding steroid dienone is 1. The number of carboxylic acid groups (broad SMARTS) is 3. The Morgan fingerprint density at radius 2 is 0.738 bits per heavy atom. The van der Waals surface area contributed by atoms with Crippen LogP contribution in [0, 0.1) is 5.92 Å². The minimum Gasteiger partial charge on any atom is -0.477 e. The number of carbonyl (C=O) groups excluding carboxylic acids is 5. The minimum atomic E-state index is -3.80. The van der Waals surface area contributed by atoms with Crippen LogP contribution in [-0.2, 0) is 105 Å². The van der Waals surface area contributed by atoms with Gasteiger partial charge in [0.2, 0.25) is 23.6 Å². The number of hydrogen-bond donors (Lipinski definition) is 29. The predicted octanol–water partition coefficient (Wildman–Crippen LogP) is -4.82. The molecule has 0 spiro atoms. The SMILES string of the molecule is CCCCCCCCCCCCC/C=C/[C@@H](O)[C@H](CO[C@@H]1O[C@H](CO)[C@@H](O[C@@H]2O[C@H](CO)[C@H](O[C@@H]3O[C@H](CO)[C@H](O)[C@H](O[C@@H]4O[C@H](CO)[C@H](O)[C@H](O[C@]5(C(=O)O)C[C@H](O)[C@@H](NC(C)=O)C([C@H](O)[C@H](O)CO)O5)[C@H]4O)[C@H]3CC(C)=O)[C@H](O[C@]3(C(=O)O)C[C@H](O)[C@@H](NC(C)=O)C([C@H](O)[C@@H](CO)O[C@]4(C(=O)O)C[C@H](O)[C@@H](NC(C)=O)C([C@H](O)[C@H](O)CO)O4)O3)[C@H]2O)[C@H](O)[C@H]1O)NC(=O)CCCCCCCCCCCCCCCCCCC. The van der Waals surface area contributed by atoms with E-state index in [1.165, 1.54) is 96.0 Å². The summed E-state index contributed by atoms with van der Waals surface area (Å²) in [6, 6.07) is -7.08. The molecule has 149 heavy (non-hydrogen) atoms. The van der Waals surface area contributed by atoms with Crippen molar-refractivity contribution in [2.45, 2.75) is 497 Å². The number of amides is 4. The smallest absolute Gasteiger partial charge is 0.364 e. The highest BCUT2D eigenvalue weighted by Crippen LogP contribution is 2.46. The number of rotatable bonds is 69. The first-order valence-corrected chi connectivity index (χ1v) is 52.6. The van der Waals surface area contributed by atoms with Crippen LogP contribution >= 0.6 is 0 Å². The van der Waals surface area contributed by atoms with E-state index in [1.54, 1.807) is 6.08 Å². The van der Waals surface area contributed by atoms with E-state index in [0.29, 0.717) is 12.8 Å². The van der Waals surface area contributed by atoms with Crippen LogP contribution in [0.1, 0.15) is 260 Å². The summed E-state index contributed by atoms with van der Waals surface area (Å²) in [7, 11) is 0. The van der Waals surface area contributed by atoms with Crippen molar-refractivity contribution in [3.8, 4) is 0 Å². The van der Waals surface area contributed by atoms with Gasteiger partial charge in [-0.1, -0.05) is 193 Å². The lowest BCUT2D eigenvalue weighted by atomic mass is 9.86. The van der Waals surface area contributed by atoms with E-state index in [1.807, 2.05) is 0 Å². The molecule has 4 amide bonds. The van der Waals surface area contributed by atoms with E-state index in [0.717, 1.165) is 111 Å². The molecule has 0 radical (unpaired) electrons. The van der Waals surface area contributed by atoms with E-state index in [4.69, 9.17) is 66.3 Å². The molecule has 0 saturated carbocycles. The molecule has 0 aromatic carbocycles. The fourth-order valence-electron chi connectivity index (χ4n) is 20.1. The standard InChI is InChI=1S/C98H170N4O47/c1-7-9-11-13-15-17-19-21-22-23-24-26-28-30-32-34-36-38-68(120)102-56(57(114)37-35-33-31-29-27-25-20-18-16-14-12-10-8-2)50-136-90-78(127)77(126)82(66(48-108)139-90)142-92-80(129)88(149-98(95(134)135)42-60(117)71(101-54(6)113)86(147-98)76(125)65(47-107)144-96(93(130)131)40-58(115)69(99-52(4)111)84(145-96)72(121)61(118)43-103)83(67(49-109)140-92)143-89-55(39-51(3)110)81(74(123)63(45-105)137-89)141-91-79(128)87(75(124)64(46-106)138-91)148-97(94(132)133)41-59(116)70(100-53(5)112)85(146-97)73(122)62(119)44-104/h35,37,55-67,69-92,103-109,114-119,121-129H,7-34,36,38-50H2,1-6H3,(H,99,111)(H,100,112)(H,101,113)(H,102,120)(H,130,131)(H,132,133)(H,134,135)/b37-35+/t55-,56+,57-,58+,59+,60+,61-,62-,63-,64-,65-,66-,67-,69-,70-,71-,72-,73-,74+,75+,76-,77-,78-,79-,80-,81-,82-,83+,84?,85?,86?,87+,88-,89+,90-,91+,92+,96-,97+,98+/m1/s1. The molecule has 7 heterocycles. The van der Waals surface area contributed by atoms with E-state index in [9.17, 15) is 166 Å². The van der Waals surface area contributed by atoms with Gasteiger partial charge in [0, 0.05) is 58.8 Å². The molecule has 0 aromatic heterocycles. The average Bonchev–Trinajstić information content (AvgIpc) is 0.740. The Balaban J connectivity index is 1.25. The van der Waals surface area contributed by atoms with Crippen LogP contribution in [0.15, 0.2) is 12.2 Å². The van der Waals surface area contributed by atoms with Gasteiger partial charge in [0.1, 0.15) is 146 Å². The fraction of sp³-hybridized carbons (Fsp3) is 0.898. The molecule has 29 N–H and O–H groups in total. The third kappa shape index (κ3) is 37.2. The second kappa shape index (κ2) is 64.8. The highest BCUT2D eigenvalue weighted by atomic mass is 16.8. The van der Waals surface area contributed by atoms with Gasteiger partial charge in [-0.3, -0.25) is 19.2 Å². The summed E-state index contributed by atoms with van der Waals surface area (Å²) in [4.78, 5) is 108. The summed E-state index contributed by atoms with van der Waals surface area (Å²) in [6.07, 6.45) is -45.6. The number of hydrogen-bond acceptors (Lipinski definition) is 44. The second-order valence-corrected chi connectivity index (χ2v) is 40.3. The van der Waals surface area contributed by atoms with E-state index in [2.05, 4.69) is 35.1 Å². The van der Waals surface area contributed by atoms with Crippen LogP contribution in [0.5, 0.6) is 0 Å². The van der Waals surface area contributed by atoms with E-state index < -0.39 is 369 Å². The van der Waals surface area contributed by atoms with Crippen LogP contribution in [0.2, 0.25) is 0 Å². The van der Waals surface area contributed by atoms with Gasteiger partial charge in [-0.25, -0.2) is 14.4 Å². The molecule has 51 nitrogen and oxygen atoms in total. The summed E-state index contributed by atoms with van der Waals surface area (Å²) in [6.45, 7) is -2.05. The Morgan fingerprint density at radius 3 is 1.15 bits per heavy atom. The van der Waals surface area contributed by atoms with Crippen molar-refractivity contribution in [2.75, 3.05) is 52.9 Å².